The van der Waals surface area contributed by atoms with Gasteiger partial charge in [0.1, 0.15) is 0 Å². The van der Waals surface area contributed by atoms with Crippen molar-refractivity contribution < 1.29 is 0 Å². The molecule has 2 aromatic carbocycles. The van der Waals surface area contributed by atoms with Crippen molar-refractivity contribution in [3.8, 4) is 0 Å². The maximum absolute atomic E-state index is 6.14. The maximum atomic E-state index is 6.14. The third-order valence-electron chi connectivity index (χ3n) is 4.29. The van der Waals surface area contributed by atoms with Gasteiger partial charge in [-0.15, -0.1) is 0 Å². The van der Waals surface area contributed by atoms with Gasteiger partial charge in [-0.3, -0.25) is 4.90 Å². The van der Waals surface area contributed by atoms with Crippen LogP contribution in [0.3, 0.4) is 0 Å². The molecule has 0 aliphatic rings. The van der Waals surface area contributed by atoms with E-state index >= 15 is 0 Å². The second-order valence-corrected chi connectivity index (χ2v) is 6.49. The topological polar surface area (TPSA) is 32.5 Å². The summed E-state index contributed by atoms with van der Waals surface area (Å²) in [6, 6.07) is 20.0. The van der Waals surface area contributed by atoms with Gasteiger partial charge in [-0.05, 0) is 37.1 Å². The van der Waals surface area contributed by atoms with Crippen molar-refractivity contribution in [2.45, 2.75) is 32.5 Å². The Morgan fingerprint density at radius 2 is 1.52 bits per heavy atom. The second kappa shape index (κ2) is 8.14. The molecule has 23 heavy (non-hydrogen) atoms. The summed E-state index contributed by atoms with van der Waals surface area (Å²) < 4.78 is 0. The van der Waals surface area contributed by atoms with Gasteiger partial charge in [-0.2, -0.15) is 0 Å². The van der Waals surface area contributed by atoms with Crippen molar-refractivity contribution in [1.29, 1.82) is 0 Å². The highest BCUT2D eigenvalue weighted by atomic mass is 15.2. The number of hydrogen-bond donors (Lipinski definition) is 1. The minimum atomic E-state index is 0.228. The molecule has 2 N–H and O–H groups in total. The highest BCUT2D eigenvalue weighted by Crippen LogP contribution is 2.26. The zero-order valence-corrected chi connectivity index (χ0v) is 14.7. The minimum Gasteiger partial charge on any atom is -0.378 e. The van der Waals surface area contributed by atoms with Crippen LogP contribution in [-0.4, -0.2) is 31.6 Å². The predicted octanol–water partition coefficient (Wildman–Crippen LogP) is 3.66. The molecular weight excluding hydrogens is 282 g/mol. The normalized spacial score (nSPS) is 12.7. The summed E-state index contributed by atoms with van der Waals surface area (Å²) in [4.78, 5) is 4.59. The lowest BCUT2D eigenvalue weighted by molar-refractivity contribution is 0.148. The van der Waals surface area contributed by atoms with Crippen LogP contribution < -0.4 is 10.6 Å². The first-order valence-corrected chi connectivity index (χ1v) is 8.30. The van der Waals surface area contributed by atoms with Crippen LogP contribution in [0.4, 0.5) is 5.69 Å². The van der Waals surface area contributed by atoms with Crippen molar-refractivity contribution in [2.24, 2.45) is 5.73 Å². The molecule has 3 heteroatoms. The summed E-state index contributed by atoms with van der Waals surface area (Å²) in [6.45, 7) is 6.00. The Morgan fingerprint density at radius 3 is 2.00 bits per heavy atom. The fraction of sp³-hybridized carbons (Fsp3) is 0.400. The Balaban J connectivity index is 2.24. The molecule has 0 aromatic heterocycles. The first kappa shape index (κ1) is 17.5. The summed E-state index contributed by atoms with van der Waals surface area (Å²) in [5.41, 5.74) is 9.96. The van der Waals surface area contributed by atoms with Crippen molar-refractivity contribution in [3.05, 3.63) is 65.7 Å². The van der Waals surface area contributed by atoms with E-state index in [9.17, 15) is 0 Å². The summed E-state index contributed by atoms with van der Waals surface area (Å²) in [5.74, 6) is 0. The number of anilines is 1. The lowest BCUT2D eigenvalue weighted by Gasteiger charge is -2.35. The molecule has 1 unspecified atom stereocenters. The third kappa shape index (κ3) is 4.57. The molecule has 0 spiro atoms. The molecule has 0 saturated carbocycles. The van der Waals surface area contributed by atoms with Crippen LogP contribution in [0.2, 0.25) is 0 Å². The van der Waals surface area contributed by atoms with Crippen LogP contribution in [0.25, 0.3) is 0 Å². The van der Waals surface area contributed by atoms with Crippen molar-refractivity contribution >= 4 is 5.69 Å². The van der Waals surface area contributed by atoms with Gasteiger partial charge in [0.15, 0.2) is 0 Å². The lowest BCUT2D eigenvalue weighted by Crippen LogP contribution is -2.38. The number of rotatable bonds is 7. The molecule has 2 rings (SSSR count). The van der Waals surface area contributed by atoms with E-state index in [2.05, 4.69) is 92.3 Å². The molecular formula is C20H29N3. The average molecular weight is 311 g/mol. The first-order chi connectivity index (χ1) is 11.0. The first-order valence-electron chi connectivity index (χ1n) is 8.30. The van der Waals surface area contributed by atoms with Gasteiger partial charge in [-0.25, -0.2) is 0 Å². The van der Waals surface area contributed by atoms with Gasteiger partial charge in [0, 0.05) is 45.0 Å². The highest BCUT2D eigenvalue weighted by molar-refractivity contribution is 5.46. The Hall–Kier alpha value is -1.84. The molecule has 0 amide bonds. The predicted molar refractivity (Wildman–Crippen MR) is 99.7 cm³/mol. The third-order valence-corrected chi connectivity index (χ3v) is 4.29. The van der Waals surface area contributed by atoms with Crippen molar-refractivity contribution in [3.63, 3.8) is 0 Å². The lowest BCUT2D eigenvalue weighted by atomic mass is 10.0. The molecule has 0 saturated heterocycles. The smallest absolute Gasteiger partial charge is 0.0476 e. The molecule has 0 aliphatic heterocycles. The fourth-order valence-electron chi connectivity index (χ4n) is 2.90. The van der Waals surface area contributed by atoms with E-state index in [1.165, 1.54) is 16.8 Å². The van der Waals surface area contributed by atoms with E-state index in [0.29, 0.717) is 12.6 Å². The molecule has 0 aliphatic carbocycles. The number of benzene rings is 2. The van der Waals surface area contributed by atoms with E-state index in [1.54, 1.807) is 0 Å². The maximum Gasteiger partial charge on any atom is 0.0476 e. The summed E-state index contributed by atoms with van der Waals surface area (Å²) in [5, 5.41) is 0. The van der Waals surface area contributed by atoms with Crippen LogP contribution in [0.15, 0.2) is 54.6 Å². The number of nitrogens with two attached hydrogens (primary N) is 1. The summed E-state index contributed by atoms with van der Waals surface area (Å²) >= 11 is 0. The van der Waals surface area contributed by atoms with Gasteiger partial charge in [0.2, 0.25) is 0 Å². The zero-order valence-electron chi connectivity index (χ0n) is 14.7. The Kier molecular flexibility index (Phi) is 6.20. The summed E-state index contributed by atoms with van der Waals surface area (Å²) in [7, 11) is 4.12. The quantitative estimate of drug-likeness (QED) is 0.847. The fourth-order valence-corrected chi connectivity index (χ4v) is 2.90. The van der Waals surface area contributed by atoms with Crippen LogP contribution in [0, 0.1) is 0 Å². The Bertz CT molecular complexity index is 576. The molecule has 124 valence electrons. The van der Waals surface area contributed by atoms with Gasteiger partial charge in [0.05, 0.1) is 0 Å². The van der Waals surface area contributed by atoms with Gasteiger partial charge in [-0.1, -0.05) is 42.5 Å². The van der Waals surface area contributed by atoms with Gasteiger partial charge in [0.25, 0.3) is 0 Å². The average Bonchev–Trinajstić information content (AvgIpc) is 2.56. The molecule has 2 aromatic rings. The largest absolute Gasteiger partial charge is 0.378 e. The molecule has 0 fully saturated rings. The second-order valence-electron chi connectivity index (χ2n) is 6.49. The van der Waals surface area contributed by atoms with Gasteiger partial charge >= 0.3 is 0 Å². The van der Waals surface area contributed by atoms with Crippen molar-refractivity contribution in [2.75, 3.05) is 25.5 Å². The molecule has 0 radical (unpaired) electrons. The Morgan fingerprint density at radius 1 is 0.913 bits per heavy atom. The van der Waals surface area contributed by atoms with E-state index in [0.717, 1.165) is 6.54 Å². The minimum absolute atomic E-state index is 0.228. The molecule has 0 heterocycles. The van der Waals surface area contributed by atoms with Crippen LogP contribution in [0.5, 0.6) is 0 Å². The summed E-state index contributed by atoms with van der Waals surface area (Å²) in [6.07, 6.45) is 0. The highest BCUT2D eigenvalue weighted by Gasteiger charge is 2.22. The SMILES string of the molecule is CC(C)N(Cc1ccccc1)C(CN)c1ccc(N(C)C)cc1. The van der Waals surface area contributed by atoms with Crippen LogP contribution >= 0.6 is 0 Å². The van der Waals surface area contributed by atoms with Crippen molar-refractivity contribution in [1.82, 2.24) is 4.90 Å². The van der Waals surface area contributed by atoms with Crippen LogP contribution in [0.1, 0.15) is 31.0 Å². The number of hydrogen-bond acceptors (Lipinski definition) is 3. The monoisotopic (exact) mass is 311 g/mol. The van der Waals surface area contributed by atoms with E-state index in [-0.39, 0.29) is 6.04 Å². The van der Waals surface area contributed by atoms with Gasteiger partial charge < -0.3 is 10.6 Å². The zero-order chi connectivity index (χ0) is 16.8. The van der Waals surface area contributed by atoms with E-state index < -0.39 is 0 Å². The van der Waals surface area contributed by atoms with E-state index in [1.807, 2.05) is 0 Å². The molecule has 0 bridgehead atoms. The van der Waals surface area contributed by atoms with Crippen LogP contribution in [-0.2, 0) is 6.54 Å². The molecule has 3 nitrogen and oxygen atoms in total. The standard InChI is InChI=1S/C20H29N3/c1-16(2)23(15-17-8-6-5-7-9-17)20(14-21)18-10-12-19(13-11-18)22(3)4/h5-13,16,20H,14-15,21H2,1-4H3. The molecule has 1 atom stereocenters. The van der Waals surface area contributed by atoms with E-state index in [4.69, 9.17) is 5.73 Å². The Labute approximate surface area is 140 Å². The number of nitrogens with zero attached hydrogens (tertiary/aromatic N) is 2.